The lowest BCUT2D eigenvalue weighted by molar-refractivity contribution is 0.0563. The van der Waals surface area contributed by atoms with E-state index < -0.39 is 5.67 Å². The number of hydrogen-bond donors (Lipinski definition) is 1. The molecule has 0 aromatic heterocycles. The standard InChI is InChI=1S/C10H21FN2/c1-10(11,8-12-2)9-4-6-13(3)7-5-9/h9,12H,4-8H2,1-3H3. The summed E-state index contributed by atoms with van der Waals surface area (Å²) >= 11 is 0. The number of alkyl halides is 1. The van der Waals surface area contributed by atoms with Gasteiger partial charge in [0.05, 0.1) is 0 Å². The van der Waals surface area contributed by atoms with Crippen molar-refractivity contribution in [3.05, 3.63) is 0 Å². The fourth-order valence-corrected chi connectivity index (χ4v) is 2.10. The number of nitrogens with one attached hydrogen (secondary N) is 1. The zero-order valence-electron chi connectivity index (χ0n) is 8.94. The first-order chi connectivity index (χ1) is 6.06. The molecule has 1 N–H and O–H groups in total. The molecule has 78 valence electrons. The molecule has 1 fully saturated rings. The summed E-state index contributed by atoms with van der Waals surface area (Å²) in [6, 6.07) is 0. The van der Waals surface area contributed by atoms with E-state index in [1.54, 1.807) is 6.92 Å². The summed E-state index contributed by atoms with van der Waals surface area (Å²) in [7, 11) is 3.91. The molecular formula is C10H21FN2. The van der Waals surface area contributed by atoms with E-state index in [-0.39, 0.29) is 5.92 Å². The minimum Gasteiger partial charge on any atom is -0.317 e. The van der Waals surface area contributed by atoms with E-state index in [0.29, 0.717) is 6.54 Å². The lowest BCUT2D eigenvalue weighted by Gasteiger charge is -2.36. The number of nitrogens with zero attached hydrogens (tertiary/aromatic N) is 1. The number of likely N-dealkylation sites (tertiary alicyclic amines) is 1. The average molecular weight is 188 g/mol. The van der Waals surface area contributed by atoms with Crippen molar-refractivity contribution in [2.24, 2.45) is 5.92 Å². The van der Waals surface area contributed by atoms with Crippen molar-refractivity contribution < 1.29 is 4.39 Å². The molecule has 1 heterocycles. The maximum atomic E-state index is 14.0. The molecule has 0 aliphatic carbocycles. The summed E-state index contributed by atoms with van der Waals surface area (Å²) in [5.74, 6) is 0.233. The van der Waals surface area contributed by atoms with Crippen molar-refractivity contribution in [2.75, 3.05) is 33.7 Å². The molecule has 0 aromatic rings. The number of piperidine rings is 1. The largest absolute Gasteiger partial charge is 0.317 e. The second kappa shape index (κ2) is 4.38. The van der Waals surface area contributed by atoms with E-state index in [9.17, 15) is 4.39 Å². The highest BCUT2D eigenvalue weighted by molar-refractivity contribution is 4.87. The van der Waals surface area contributed by atoms with Crippen LogP contribution >= 0.6 is 0 Å². The van der Waals surface area contributed by atoms with Crippen LogP contribution in [0.4, 0.5) is 4.39 Å². The van der Waals surface area contributed by atoms with Crippen molar-refractivity contribution in [1.82, 2.24) is 10.2 Å². The molecule has 13 heavy (non-hydrogen) atoms. The molecule has 3 heteroatoms. The molecule has 0 radical (unpaired) electrons. The smallest absolute Gasteiger partial charge is 0.123 e. The molecule has 1 rings (SSSR count). The van der Waals surface area contributed by atoms with Gasteiger partial charge in [-0.05, 0) is 52.9 Å². The van der Waals surface area contributed by atoms with Gasteiger partial charge in [-0.25, -0.2) is 4.39 Å². The first-order valence-corrected chi connectivity index (χ1v) is 5.08. The quantitative estimate of drug-likeness (QED) is 0.717. The number of rotatable bonds is 3. The first-order valence-electron chi connectivity index (χ1n) is 5.08. The summed E-state index contributed by atoms with van der Waals surface area (Å²) in [5, 5.41) is 2.93. The topological polar surface area (TPSA) is 15.3 Å². The molecule has 0 aromatic carbocycles. The van der Waals surface area contributed by atoms with Crippen LogP contribution in [-0.4, -0.2) is 44.3 Å². The van der Waals surface area contributed by atoms with Gasteiger partial charge in [0.2, 0.25) is 0 Å². The summed E-state index contributed by atoms with van der Waals surface area (Å²) < 4.78 is 14.0. The van der Waals surface area contributed by atoms with Gasteiger partial charge >= 0.3 is 0 Å². The SMILES string of the molecule is CNCC(C)(F)C1CCN(C)CC1. The van der Waals surface area contributed by atoms with E-state index >= 15 is 0 Å². The van der Waals surface area contributed by atoms with Crippen LogP contribution in [0.2, 0.25) is 0 Å². The lowest BCUT2D eigenvalue weighted by Crippen LogP contribution is -2.44. The van der Waals surface area contributed by atoms with Gasteiger partial charge in [-0.2, -0.15) is 0 Å². The summed E-state index contributed by atoms with van der Waals surface area (Å²) in [6.07, 6.45) is 1.98. The molecule has 1 unspecified atom stereocenters. The minimum atomic E-state index is -1.03. The van der Waals surface area contributed by atoms with Crippen LogP contribution in [0.1, 0.15) is 19.8 Å². The van der Waals surface area contributed by atoms with E-state index in [2.05, 4.69) is 17.3 Å². The van der Waals surface area contributed by atoms with Gasteiger partial charge in [0.25, 0.3) is 0 Å². The maximum Gasteiger partial charge on any atom is 0.123 e. The molecule has 0 bridgehead atoms. The first kappa shape index (κ1) is 10.9. The van der Waals surface area contributed by atoms with Gasteiger partial charge in [0.1, 0.15) is 5.67 Å². The Bertz CT molecular complexity index is 151. The highest BCUT2D eigenvalue weighted by atomic mass is 19.1. The van der Waals surface area contributed by atoms with E-state index in [1.165, 1.54) is 0 Å². The van der Waals surface area contributed by atoms with Crippen LogP contribution in [0.3, 0.4) is 0 Å². The van der Waals surface area contributed by atoms with Gasteiger partial charge in [0.15, 0.2) is 0 Å². The summed E-state index contributed by atoms with van der Waals surface area (Å²) in [5.41, 5.74) is -1.03. The Balaban J connectivity index is 2.42. The zero-order chi connectivity index (χ0) is 9.90. The van der Waals surface area contributed by atoms with Crippen LogP contribution in [0.15, 0.2) is 0 Å². The van der Waals surface area contributed by atoms with Gasteiger partial charge in [-0.1, -0.05) is 0 Å². The predicted octanol–water partition coefficient (Wildman–Crippen LogP) is 1.28. The minimum absolute atomic E-state index is 0.233. The van der Waals surface area contributed by atoms with Crippen molar-refractivity contribution in [3.63, 3.8) is 0 Å². The van der Waals surface area contributed by atoms with Crippen LogP contribution in [0.25, 0.3) is 0 Å². The Kier molecular flexibility index (Phi) is 3.68. The molecular weight excluding hydrogens is 167 g/mol. The number of hydrogen-bond acceptors (Lipinski definition) is 2. The highest BCUT2D eigenvalue weighted by Crippen LogP contribution is 2.30. The fraction of sp³-hybridized carbons (Fsp3) is 1.00. The Labute approximate surface area is 80.5 Å². The molecule has 0 spiro atoms. The maximum absolute atomic E-state index is 14.0. The third-order valence-corrected chi connectivity index (χ3v) is 3.09. The molecule has 1 aliphatic heterocycles. The van der Waals surface area contributed by atoms with E-state index in [0.717, 1.165) is 25.9 Å². The lowest BCUT2D eigenvalue weighted by atomic mass is 9.83. The Hall–Kier alpha value is -0.150. The van der Waals surface area contributed by atoms with Gasteiger partial charge in [0, 0.05) is 6.54 Å². The van der Waals surface area contributed by atoms with Crippen molar-refractivity contribution >= 4 is 0 Å². The van der Waals surface area contributed by atoms with Gasteiger partial charge in [-0.3, -0.25) is 0 Å². The molecule has 0 saturated carbocycles. The normalized spacial score (nSPS) is 25.8. The fourth-order valence-electron chi connectivity index (χ4n) is 2.10. The van der Waals surface area contributed by atoms with Crippen LogP contribution < -0.4 is 5.32 Å². The molecule has 1 saturated heterocycles. The summed E-state index contributed by atoms with van der Waals surface area (Å²) in [6.45, 7) is 4.27. The van der Waals surface area contributed by atoms with Crippen LogP contribution in [-0.2, 0) is 0 Å². The Morgan fingerprint density at radius 2 is 2.00 bits per heavy atom. The Morgan fingerprint density at radius 3 is 2.46 bits per heavy atom. The van der Waals surface area contributed by atoms with E-state index in [1.807, 2.05) is 7.05 Å². The average Bonchev–Trinajstić information content (AvgIpc) is 2.05. The monoisotopic (exact) mass is 188 g/mol. The van der Waals surface area contributed by atoms with Gasteiger partial charge in [-0.15, -0.1) is 0 Å². The van der Waals surface area contributed by atoms with Gasteiger partial charge < -0.3 is 10.2 Å². The van der Waals surface area contributed by atoms with Crippen molar-refractivity contribution in [2.45, 2.75) is 25.4 Å². The zero-order valence-corrected chi connectivity index (χ0v) is 8.94. The third-order valence-electron chi connectivity index (χ3n) is 3.09. The molecule has 2 nitrogen and oxygen atoms in total. The van der Waals surface area contributed by atoms with Crippen molar-refractivity contribution in [1.29, 1.82) is 0 Å². The Morgan fingerprint density at radius 1 is 1.46 bits per heavy atom. The third kappa shape index (κ3) is 2.92. The predicted molar refractivity (Wildman–Crippen MR) is 53.7 cm³/mol. The van der Waals surface area contributed by atoms with Crippen LogP contribution in [0, 0.1) is 5.92 Å². The second-order valence-corrected chi connectivity index (χ2v) is 4.39. The van der Waals surface area contributed by atoms with Crippen LogP contribution in [0.5, 0.6) is 0 Å². The second-order valence-electron chi connectivity index (χ2n) is 4.39. The molecule has 0 amide bonds. The van der Waals surface area contributed by atoms with Crippen molar-refractivity contribution in [3.8, 4) is 0 Å². The van der Waals surface area contributed by atoms with E-state index in [4.69, 9.17) is 0 Å². The highest BCUT2D eigenvalue weighted by Gasteiger charge is 2.35. The molecule has 1 aliphatic rings. The summed E-state index contributed by atoms with van der Waals surface area (Å²) in [4.78, 5) is 2.27. The number of halogens is 1. The molecule has 1 atom stereocenters.